The number of hydrogen-bond donors (Lipinski definition) is 2. The average Bonchev–Trinajstić information content (AvgIpc) is 2.81. The van der Waals surface area contributed by atoms with Crippen LogP contribution in [0.3, 0.4) is 0 Å². The van der Waals surface area contributed by atoms with Gasteiger partial charge >= 0.3 is 0 Å². The van der Waals surface area contributed by atoms with Crippen molar-refractivity contribution < 1.29 is 9.90 Å². The summed E-state index contributed by atoms with van der Waals surface area (Å²) in [6.07, 6.45) is 0.785. The third-order valence-electron chi connectivity index (χ3n) is 2.96. The molecule has 4 heteroatoms. The van der Waals surface area contributed by atoms with Crippen LogP contribution in [0.15, 0.2) is 30.3 Å². The van der Waals surface area contributed by atoms with Gasteiger partial charge in [0.2, 0.25) is 0 Å². The van der Waals surface area contributed by atoms with Crippen molar-refractivity contribution in [3.63, 3.8) is 0 Å². The minimum absolute atomic E-state index is 0.0190. The third kappa shape index (κ3) is 3.55. The summed E-state index contributed by atoms with van der Waals surface area (Å²) < 4.78 is 1.11. The van der Waals surface area contributed by atoms with Crippen LogP contribution in [0.25, 0.3) is 10.1 Å². The van der Waals surface area contributed by atoms with Crippen LogP contribution >= 0.6 is 11.3 Å². The van der Waals surface area contributed by atoms with Gasteiger partial charge in [-0.05, 0) is 29.9 Å². The van der Waals surface area contributed by atoms with Crippen molar-refractivity contribution in [2.75, 3.05) is 6.61 Å². The molecule has 1 atom stereocenters. The van der Waals surface area contributed by atoms with Gasteiger partial charge in [-0.3, -0.25) is 4.79 Å². The first-order valence-electron chi connectivity index (χ1n) is 6.50. The molecule has 2 rings (SSSR count). The number of thiophene rings is 1. The number of aliphatic hydroxyl groups excluding tert-OH is 1. The Kier molecular flexibility index (Phi) is 4.56. The van der Waals surface area contributed by atoms with E-state index in [1.807, 2.05) is 30.3 Å². The van der Waals surface area contributed by atoms with Crippen molar-refractivity contribution >= 4 is 27.3 Å². The molecule has 1 heterocycles. The van der Waals surface area contributed by atoms with Gasteiger partial charge in [0, 0.05) is 4.70 Å². The van der Waals surface area contributed by atoms with E-state index in [-0.39, 0.29) is 18.6 Å². The van der Waals surface area contributed by atoms with Crippen molar-refractivity contribution in [1.82, 2.24) is 5.32 Å². The van der Waals surface area contributed by atoms with Crippen LogP contribution in [0.2, 0.25) is 0 Å². The molecule has 1 unspecified atom stereocenters. The number of benzene rings is 1. The van der Waals surface area contributed by atoms with Crippen molar-refractivity contribution in [3.8, 4) is 0 Å². The highest BCUT2D eigenvalue weighted by atomic mass is 32.1. The molecular weight excluding hydrogens is 258 g/mol. The summed E-state index contributed by atoms with van der Waals surface area (Å²) in [6, 6.07) is 9.67. The smallest absolute Gasteiger partial charge is 0.261 e. The number of amides is 1. The molecule has 0 aliphatic rings. The van der Waals surface area contributed by atoms with E-state index in [0.717, 1.165) is 16.5 Å². The number of carbonyl (C=O) groups excluding carboxylic acids is 1. The van der Waals surface area contributed by atoms with Gasteiger partial charge in [0.05, 0.1) is 17.5 Å². The zero-order valence-electron chi connectivity index (χ0n) is 11.2. The number of fused-ring (bicyclic) bond motifs is 1. The molecule has 3 nitrogen and oxygen atoms in total. The lowest BCUT2D eigenvalue weighted by atomic mass is 10.0. The molecule has 0 radical (unpaired) electrons. The average molecular weight is 277 g/mol. The first-order chi connectivity index (χ1) is 9.10. The zero-order valence-corrected chi connectivity index (χ0v) is 12.0. The number of carbonyl (C=O) groups is 1. The van der Waals surface area contributed by atoms with Crippen molar-refractivity contribution in [2.24, 2.45) is 5.92 Å². The van der Waals surface area contributed by atoms with Crippen LogP contribution in [0.1, 0.15) is 29.9 Å². The predicted molar refractivity (Wildman–Crippen MR) is 79.6 cm³/mol. The second-order valence-corrected chi connectivity index (χ2v) is 6.21. The predicted octanol–water partition coefficient (Wildman–Crippen LogP) is 3.04. The zero-order chi connectivity index (χ0) is 13.8. The SMILES string of the molecule is CC(C)CC(CO)NC(=O)c1cc2ccccc2s1. The summed E-state index contributed by atoms with van der Waals surface area (Å²) in [5.74, 6) is 0.348. The van der Waals surface area contributed by atoms with Gasteiger partial charge in [-0.25, -0.2) is 0 Å². The van der Waals surface area contributed by atoms with E-state index < -0.39 is 0 Å². The Morgan fingerprint density at radius 2 is 2.11 bits per heavy atom. The Hall–Kier alpha value is -1.39. The normalized spacial score (nSPS) is 12.8. The molecular formula is C15H19NO2S. The topological polar surface area (TPSA) is 49.3 Å². The minimum Gasteiger partial charge on any atom is -0.394 e. The van der Waals surface area contributed by atoms with Gasteiger partial charge in [0.15, 0.2) is 0 Å². The van der Waals surface area contributed by atoms with E-state index in [9.17, 15) is 9.90 Å². The van der Waals surface area contributed by atoms with Crippen molar-refractivity contribution in [1.29, 1.82) is 0 Å². The molecule has 102 valence electrons. The molecule has 0 aliphatic heterocycles. The Morgan fingerprint density at radius 3 is 2.74 bits per heavy atom. The van der Waals surface area contributed by atoms with Gasteiger partial charge in [0.1, 0.15) is 0 Å². The molecule has 0 fully saturated rings. The maximum Gasteiger partial charge on any atom is 0.261 e. The first kappa shape index (κ1) is 14.0. The lowest BCUT2D eigenvalue weighted by Crippen LogP contribution is -2.38. The fourth-order valence-corrected chi connectivity index (χ4v) is 3.06. The number of aliphatic hydroxyl groups is 1. The van der Waals surface area contributed by atoms with Gasteiger partial charge in [0.25, 0.3) is 5.91 Å². The second kappa shape index (κ2) is 6.17. The molecule has 2 aromatic rings. The standard InChI is InChI=1S/C15H19NO2S/c1-10(2)7-12(9-17)16-15(18)14-8-11-5-3-4-6-13(11)19-14/h3-6,8,10,12,17H,7,9H2,1-2H3,(H,16,18). The van der Waals surface area contributed by atoms with E-state index in [1.165, 1.54) is 11.3 Å². The Morgan fingerprint density at radius 1 is 1.37 bits per heavy atom. The summed E-state index contributed by atoms with van der Waals surface area (Å²) in [5.41, 5.74) is 0. The summed E-state index contributed by atoms with van der Waals surface area (Å²) >= 11 is 1.48. The number of rotatable bonds is 5. The van der Waals surface area contributed by atoms with Gasteiger partial charge in [-0.1, -0.05) is 32.0 Å². The molecule has 1 amide bonds. The molecule has 2 N–H and O–H groups in total. The third-order valence-corrected chi connectivity index (χ3v) is 4.08. The Labute approximate surface area is 117 Å². The molecule has 1 aromatic heterocycles. The first-order valence-corrected chi connectivity index (χ1v) is 7.32. The van der Waals surface area contributed by atoms with Crippen LogP contribution in [0.4, 0.5) is 0 Å². The number of hydrogen-bond acceptors (Lipinski definition) is 3. The van der Waals surface area contributed by atoms with Crippen LogP contribution in [-0.4, -0.2) is 23.7 Å². The second-order valence-electron chi connectivity index (χ2n) is 5.13. The lowest BCUT2D eigenvalue weighted by Gasteiger charge is -2.17. The summed E-state index contributed by atoms with van der Waals surface area (Å²) in [4.78, 5) is 12.9. The molecule has 19 heavy (non-hydrogen) atoms. The largest absolute Gasteiger partial charge is 0.394 e. The van der Waals surface area contributed by atoms with Crippen LogP contribution < -0.4 is 5.32 Å². The summed E-state index contributed by atoms with van der Waals surface area (Å²) in [5, 5.41) is 13.3. The summed E-state index contributed by atoms with van der Waals surface area (Å²) in [6.45, 7) is 4.14. The minimum atomic E-state index is -0.169. The molecule has 0 saturated carbocycles. The fraction of sp³-hybridized carbons (Fsp3) is 0.400. The van der Waals surface area contributed by atoms with E-state index in [2.05, 4.69) is 19.2 Å². The van der Waals surface area contributed by atoms with E-state index in [0.29, 0.717) is 10.8 Å². The maximum atomic E-state index is 12.2. The van der Waals surface area contributed by atoms with E-state index in [4.69, 9.17) is 0 Å². The van der Waals surface area contributed by atoms with E-state index >= 15 is 0 Å². The number of nitrogens with one attached hydrogen (secondary N) is 1. The van der Waals surface area contributed by atoms with Gasteiger partial charge < -0.3 is 10.4 Å². The van der Waals surface area contributed by atoms with Gasteiger partial charge in [-0.2, -0.15) is 0 Å². The highest BCUT2D eigenvalue weighted by Gasteiger charge is 2.16. The maximum absolute atomic E-state index is 12.2. The van der Waals surface area contributed by atoms with Crippen molar-refractivity contribution in [3.05, 3.63) is 35.2 Å². The van der Waals surface area contributed by atoms with Crippen molar-refractivity contribution in [2.45, 2.75) is 26.3 Å². The quantitative estimate of drug-likeness (QED) is 0.882. The van der Waals surface area contributed by atoms with Crippen LogP contribution in [0.5, 0.6) is 0 Å². The molecule has 0 bridgehead atoms. The molecule has 1 aromatic carbocycles. The lowest BCUT2D eigenvalue weighted by molar-refractivity contribution is 0.0912. The Balaban J connectivity index is 2.10. The Bertz CT molecular complexity index is 529. The highest BCUT2D eigenvalue weighted by Crippen LogP contribution is 2.25. The summed E-state index contributed by atoms with van der Waals surface area (Å²) in [7, 11) is 0. The van der Waals surface area contributed by atoms with E-state index in [1.54, 1.807) is 0 Å². The van der Waals surface area contributed by atoms with Crippen LogP contribution in [-0.2, 0) is 0 Å². The van der Waals surface area contributed by atoms with Crippen LogP contribution in [0, 0.1) is 5.92 Å². The molecule has 0 spiro atoms. The highest BCUT2D eigenvalue weighted by molar-refractivity contribution is 7.20. The molecule has 0 aliphatic carbocycles. The van der Waals surface area contributed by atoms with Gasteiger partial charge in [-0.15, -0.1) is 11.3 Å². The fourth-order valence-electron chi connectivity index (χ4n) is 2.10. The monoisotopic (exact) mass is 277 g/mol. The molecule has 0 saturated heterocycles.